The van der Waals surface area contributed by atoms with Crippen molar-refractivity contribution in [2.24, 2.45) is 0 Å². The summed E-state index contributed by atoms with van der Waals surface area (Å²) in [6.07, 6.45) is 8.44. The van der Waals surface area contributed by atoms with Crippen LogP contribution in [-0.2, 0) is 28.0 Å². The van der Waals surface area contributed by atoms with E-state index in [2.05, 4.69) is 10.9 Å². The number of hydrogen-bond acceptors (Lipinski definition) is 4. The van der Waals surface area contributed by atoms with Crippen molar-refractivity contribution in [3.63, 3.8) is 0 Å². The molecular weight excluding hydrogens is 281 g/mol. The van der Waals surface area contributed by atoms with E-state index in [9.17, 15) is 0 Å². The molecular formula is C14H19NO3V. The minimum absolute atomic E-state index is 0. The van der Waals surface area contributed by atoms with Gasteiger partial charge in [-0.3, -0.25) is 0 Å². The van der Waals surface area contributed by atoms with Crippen molar-refractivity contribution in [1.82, 2.24) is 4.98 Å². The number of terminal acetylenes is 1. The van der Waals surface area contributed by atoms with Crippen LogP contribution >= 0.6 is 0 Å². The van der Waals surface area contributed by atoms with E-state index in [0.717, 1.165) is 25.9 Å². The standard InChI is InChI=1S/C14H17NO3.V.H2/c1-2-12-6-5-7-13(15-12)16-10-11-18-14-8-3-4-9-17-14;;/h1,5-7,14H,3-4,8-11H2;;1H. The topological polar surface area (TPSA) is 40.6 Å². The fraction of sp³-hybridized carbons (Fsp3) is 0.500. The maximum absolute atomic E-state index is 5.55. The molecule has 1 saturated heterocycles. The van der Waals surface area contributed by atoms with Gasteiger partial charge in [0.25, 0.3) is 0 Å². The van der Waals surface area contributed by atoms with Crippen LogP contribution in [0, 0.1) is 12.3 Å². The van der Waals surface area contributed by atoms with Gasteiger partial charge in [-0.05, 0) is 25.3 Å². The molecule has 103 valence electrons. The number of ether oxygens (including phenoxy) is 3. The van der Waals surface area contributed by atoms with Gasteiger partial charge in [0, 0.05) is 32.7 Å². The zero-order valence-corrected chi connectivity index (χ0v) is 12.1. The zero-order valence-electron chi connectivity index (χ0n) is 10.7. The van der Waals surface area contributed by atoms with E-state index in [0.29, 0.717) is 24.8 Å². The molecule has 0 saturated carbocycles. The third-order valence-corrected chi connectivity index (χ3v) is 2.65. The number of hydrogen-bond donors (Lipinski definition) is 0. The molecule has 0 aliphatic carbocycles. The second-order valence-electron chi connectivity index (χ2n) is 4.02. The van der Waals surface area contributed by atoms with Crippen LogP contribution in [0.15, 0.2) is 18.2 Å². The first-order valence-corrected chi connectivity index (χ1v) is 6.18. The Hall–Kier alpha value is -0.986. The zero-order chi connectivity index (χ0) is 12.6. The summed E-state index contributed by atoms with van der Waals surface area (Å²) < 4.78 is 16.4. The molecule has 4 nitrogen and oxygen atoms in total. The van der Waals surface area contributed by atoms with Crippen molar-refractivity contribution < 1.29 is 34.2 Å². The van der Waals surface area contributed by atoms with Crippen molar-refractivity contribution in [2.45, 2.75) is 25.6 Å². The van der Waals surface area contributed by atoms with Crippen molar-refractivity contribution in [3.8, 4) is 18.2 Å². The van der Waals surface area contributed by atoms with Crippen LogP contribution in [0.1, 0.15) is 26.4 Å². The smallest absolute Gasteiger partial charge is 0.214 e. The Labute approximate surface area is 127 Å². The average Bonchev–Trinajstić information content (AvgIpc) is 2.45. The van der Waals surface area contributed by atoms with Gasteiger partial charge in [0.2, 0.25) is 5.88 Å². The number of aromatic nitrogens is 1. The van der Waals surface area contributed by atoms with E-state index < -0.39 is 0 Å². The molecule has 0 spiro atoms. The second-order valence-corrected chi connectivity index (χ2v) is 4.02. The molecule has 1 aromatic rings. The molecule has 2 rings (SSSR count). The molecule has 1 unspecified atom stereocenters. The van der Waals surface area contributed by atoms with E-state index in [-0.39, 0.29) is 26.3 Å². The average molecular weight is 300 g/mol. The van der Waals surface area contributed by atoms with E-state index in [4.69, 9.17) is 20.6 Å². The molecule has 0 bridgehead atoms. The molecule has 2 heterocycles. The van der Waals surface area contributed by atoms with Gasteiger partial charge in [-0.1, -0.05) is 12.0 Å². The van der Waals surface area contributed by atoms with E-state index in [1.54, 1.807) is 12.1 Å². The molecule has 0 aromatic carbocycles. The summed E-state index contributed by atoms with van der Waals surface area (Å²) in [4.78, 5) is 4.13. The summed E-state index contributed by atoms with van der Waals surface area (Å²) in [7, 11) is 0. The maximum atomic E-state index is 5.55. The number of rotatable bonds is 5. The van der Waals surface area contributed by atoms with Crippen LogP contribution in [-0.4, -0.2) is 31.1 Å². The van der Waals surface area contributed by atoms with E-state index in [1.165, 1.54) is 0 Å². The predicted octanol–water partition coefficient (Wildman–Crippen LogP) is 2.23. The monoisotopic (exact) mass is 300 g/mol. The summed E-state index contributed by atoms with van der Waals surface area (Å²) in [5.41, 5.74) is 0.573. The Morgan fingerprint density at radius 3 is 3.05 bits per heavy atom. The molecule has 1 aliphatic heterocycles. The largest absolute Gasteiger partial charge is 0.475 e. The van der Waals surface area contributed by atoms with Crippen LogP contribution in [0.2, 0.25) is 0 Å². The first-order chi connectivity index (χ1) is 8.88. The normalized spacial score (nSPS) is 18.2. The van der Waals surface area contributed by atoms with Gasteiger partial charge in [0.05, 0.1) is 6.61 Å². The summed E-state index contributed by atoms with van der Waals surface area (Å²) in [5, 5.41) is 0. The summed E-state index contributed by atoms with van der Waals surface area (Å²) in [5.74, 6) is 2.99. The predicted molar refractivity (Wildman–Crippen MR) is 69.3 cm³/mol. The molecule has 19 heavy (non-hydrogen) atoms. The molecule has 1 aromatic heterocycles. The Bertz CT molecular complexity index is 419. The van der Waals surface area contributed by atoms with Crippen molar-refractivity contribution in [3.05, 3.63) is 23.9 Å². The van der Waals surface area contributed by atoms with Crippen LogP contribution in [0.4, 0.5) is 0 Å². The van der Waals surface area contributed by atoms with Crippen LogP contribution in [0.3, 0.4) is 0 Å². The fourth-order valence-electron chi connectivity index (χ4n) is 1.74. The van der Waals surface area contributed by atoms with Gasteiger partial charge in [-0.2, -0.15) is 0 Å². The van der Waals surface area contributed by atoms with E-state index >= 15 is 0 Å². The summed E-state index contributed by atoms with van der Waals surface area (Å²) in [6, 6.07) is 5.36. The van der Waals surface area contributed by atoms with Crippen LogP contribution in [0.5, 0.6) is 5.88 Å². The van der Waals surface area contributed by atoms with Gasteiger partial charge < -0.3 is 14.2 Å². The Kier molecular flexibility index (Phi) is 7.62. The van der Waals surface area contributed by atoms with Gasteiger partial charge >= 0.3 is 0 Å². The van der Waals surface area contributed by atoms with Crippen molar-refractivity contribution >= 4 is 0 Å². The van der Waals surface area contributed by atoms with Gasteiger partial charge in [0.1, 0.15) is 12.3 Å². The van der Waals surface area contributed by atoms with Crippen LogP contribution in [0.25, 0.3) is 0 Å². The minimum atomic E-state index is -0.0765. The first-order valence-electron chi connectivity index (χ1n) is 6.18. The Morgan fingerprint density at radius 1 is 1.42 bits per heavy atom. The first kappa shape index (κ1) is 16.1. The molecule has 1 atom stereocenters. The summed E-state index contributed by atoms with van der Waals surface area (Å²) in [6.45, 7) is 1.73. The third kappa shape index (κ3) is 5.67. The fourth-order valence-corrected chi connectivity index (χ4v) is 1.74. The molecule has 5 heteroatoms. The van der Waals surface area contributed by atoms with Crippen molar-refractivity contribution in [1.29, 1.82) is 0 Å². The quantitative estimate of drug-likeness (QED) is 0.617. The maximum Gasteiger partial charge on any atom is 0.214 e. The van der Waals surface area contributed by atoms with Gasteiger partial charge in [0.15, 0.2) is 6.29 Å². The Balaban J connectivity index is 0.00000180. The number of pyridine rings is 1. The molecule has 1 fully saturated rings. The molecule has 1 radical (unpaired) electrons. The SMILES string of the molecule is C#Cc1cccc(OCCOC2CCCCO2)n1.[HH].[V]. The third-order valence-electron chi connectivity index (χ3n) is 2.65. The molecule has 0 amide bonds. The second kappa shape index (κ2) is 9.00. The molecule has 1 aliphatic rings. The molecule has 0 N–H and O–H groups in total. The van der Waals surface area contributed by atoms with Gasteiger partial charge in [-0.25, -0.2) is 4.98 Å². The van der Waals surface area contributed by atoms with Gasteiger partial charge in [-0.15, -0.1) is 6.42 Å². The minimum Gasteiger partial charge on any atom is -0.475 e. The Morgan fingerprint density at radius 2 is 2.32 bits per heavy atom. The van der Waals surface area contributed by atoms with Crippen LogP contribution < -0.4 is 4.74 Å². The summed E-state index contributed by atoms with van der Waals surface area (Å²) >= 11 is 0. The number of nitrogens with zero attached hydrogens (tertiary/aromatic N) is 1. The van der Waals surface area contributed by atoms with Crippen molar-refractivity contribution in [2.75, 3.05) is 19.8 Å². The van der Waals surface area contributed by atoms with E-state index in [1.807, 2.05) is 6.07 Å².